The first kappa shape index (κ1) is 15.9. The van der Waals surface area contributed by atoms with Gasteiger partial charge in [-0.2, -0.15) is 0 Å². The van der Waals surface area contributed by atoms with E-state index >= 15 is 0 Å². The zero-order valence-electron chi connectivity index (χ0n) is 13.1. The number of hydrogen-bond donors (Lipinski definition) is 2. The highest BCUT2D eigenvalue weighted by Crippen LogP contribution is 2.14. The molecule has 0 aromatic heterocycles. The zero-order valence-corrected chi connectivity index (χ0v) is 13.1. The average molecular weight is 291 g/mol. The van der Waals surface area contributed by atoms with Gasteiger partial charge in [0.05, 0.1) is 19.3 Å². The van der Waals surface area contributed by atoms with Gasteiger partial charge in [-0.25, -0.2) is 0 Å². The summed E-state index contributed by atoms with van der Waals surface area (Å²) >= 11 is 0. The zero-order chi connectivity index (χ0) is 15.2. The van der Waals surface area contributed by atoms with E-state index < -0.39 is 0 Å². The molecule has 0 aliphatic carbocycles. The molecule has 1 heterocycles. The molecule has 1 aromatic carbocycles. The van der Waals surface area contributed by atoms with E-state index in [0.717, 1.165) is 25.3 Å². The predicted molar refractivity (Wildman–Crippen MR) is 84.7 cm³/mol. The Kier molecular flexibility index (Phi) is 5.73. The van der Waals surface area contributed by atoms with E-state index in [1.807, 2.05) is 25.2 Å². The van der Waals surface area contributed by atoms with Crippen molar-refractivity contribution >= 4 is 11.6 Å². The lowest BCUT2D eigenvalue weighted by Gasteiger charge is -2.32. The summed E-state index contributed by atoms with van der Waals surface area (Å²) in [6, 6.07) is 5.99. The minimum atomic E-state index is 0.0309. The first-order chi connectivity index (χ1) is 10.1. The summed E-state index contributed by atoms with van der Waals surface area (Å²) in [5, 5.41) is 6.08. The number of hydrogen-bond acceptors (Lipinski definition) is 4. The van der Waals surface area contributed by atoms with Gasteiger partial charge in [-0.3, -0.25) is 9.69 Å². The van der Waals surface area contributed by atoms with Gasteiger partial charge < -0.3 is 15.4 Å². The van der Waals surface area contributed by atoms with E-state index in [9.17, 15) is 4.79 Å². The number of morpholine rings is 1. The number of aryl methyl sites for hydroxylation is 2. The minimum Gasteiger partial charge on any atom is -0.374 e. The van der Waals surface area contributed by atoms with Crippen molar-refractivity contribution in [3.05, 3.63) is 29.3 Å². The molecule has 1 unspecified atom stereocenters. The Bertz CT molecular complexity index is 488. The van der Waals surface area contributed by atoms with Crippen LogP contribution in [0.15, 0.2) is 18.2 Å². The SMILES string of the molecule is CNCC1CN(CC(=O)Nc2ccc(C)c(C)c2)CCO1. The quantitative estimate of drug-likeness (QED) is 0.855. The minimum absolute atomic E-state index is 0.0309. The molecule has 21 heavy (non-hydrogen) atoms. The Hall–Kier alpha value is -1.43. The van der Waals surface area contributed by atoms with Gasteiger partial charge in [-0.15, -0.1) is 0 Å². The maximum Gasteiger partial charge on any atom is 0.238 e. The second-order valence-corrected chi connectivity index (χ2v) is 5.63. The van der Waals surface area contributed by atoms with Gasteiger partial charge in [-0.1, -0.05) is 6.07 Å². The topological polar surface area (TPSA) is 53.6 Å². The molecule has 2 rings (SSSR count). The van der Waals surface area contributed by atoms with E-state index in [2.05, 4.69) is 29.4 Å². The Labute approximate surface area is 126 Å². The highest BCUT2D eigenvalue weighted by Gasteiger charge is 2.21. The molecule has 1 aliphatic rings. The summed E-state index contributed by atoms with van der Waals surface area (Å²) in [5.74, 6) is 0.0309. The van der Waals surface area contributed by atoms with Crippen molar-refractivity contribution in [3.8, 4) is 0 Å². The second-order valence-electron chi connectivity index (χ2n) is 5.63. The van der Waals surface area contributed by atoms with Crippen LogP contribution in [-0.4, -0.2) is 56.7 Å². The van der Waals surface area contributed by atoms with E-state index in [0.29, 0.717) is 13.2 Å². The van der Waals surface area contributed by atoms with Crippen molar-refractivity contribution in [1.29, 1.82) is 0 Å². The van der Waals surface area contributed by atoms with Crippen molar-refractivity contribution in [3.63, 3.8) is 0 Å². The molecule has 1 atom stereocenters. The molecular formula is C16H25N3O2. The van der Waals surface area contributed by atoms with Crippen LogP contribution in [0.2, 0.25) is 0 Å². The highest BCUT2D eigenvalue weighted by molar-refractivity contribution is 5.92. The molecule has 116 valence electrons. The Balaban J connectivity index is 1.84. The fourth-order valence-corrected chi connectivity index (χ4v) is 2.50. The molecule has 5 heteroatoms. The number of nitrogens with zero attached hydrogens (tertiary/aromatic N) is 1. The Morgan fingerprint density at radius 2 is 2.19 bits per heavy atom. The number of amides is 1. The van der Waals surface area contributed by atoms with Crippen LogP contribution in [0.25, 0.3) is 0 Å². The number of rotatable bonds is 5. The van der Waals surface area contributed by atoms with Crippen LogP contribution < -0.4 is 10.6 Å². The molecule has 2 N–H and O–H groups in total. The highest BCUT2D eigenvalue weighted by atomic mass is 16.5. The summed E-state index contributed by atoms with van der Waals surface area (Å²) in [7, 11) is 1.91. The average Bonchev–Trinajstić information content (AvgIpc) is 2.43. The molecule has 0 radical (unpaired) electrons. The molecule has 0 saturated carbocycles. The third kappa shape index (κ3) is 4.81. The lowest BCUT2D eigenvalue weighted by Crippen LogP contribution is -2.48. The molecule has 5 nitrogen and oxygen atoms in total. The van der Waals surface area contributed by atoms with Crippen LogP contribution in [0.4, 0.5) is 5.69 Å². The van der Waals surface area contributed by atoms with Crippen molar-refractivity contribution in [2.75, 3.05) is 45.2 Å². The Morgan fingerprint density at radius 1 is 1.38 bits per heavy atom. The fraction of sp³-hybridized carbons (Fsp3) is 0.562. The molecular weight excluding hydrogens is 266 g/mol. The monoisotopic (exact) mass is 291 g/mol. The largest absolute Gasteiger partial charge is 0.374 e. The number of ether oxygens (including phenoxy) is 1. The molecule has 1 fully saturated rings. The third-order valence-corrected chi connectivity index (χ3v) is 3.81. The molecule has 1 amide bonds. The number of benzene rings is 1. The first-order valence-corrected chi connectivity index (χ1v) is 7.44. The molecule has 0 bridgehead atoms. The maximum absolute atomic E-state index is 12.1. The first-order valence-electron chi connectivity index (χ1n) is 7.44. The summed E-state index contributed by atoms with van der Waals surface area (Å²) in [4.78, 5) is 14.3. The fourth-order valence-electron chi connectivity index (χ4n) is 2.50. The lowest BCUT2D eigenvalue weighted by atomic mass is 10.1. The van der Waals surface area contributed by atoms with Gasteiger partial charge in [0.2, 0.25) is 5.91 Å². The van der Waals surface area contributed by atoms with E-state index in [-0.39, 0.29) is 12.0 Å². The lowest BCUT2D eigenvalue weighted by molar-refractivity contribution is -0.119. The van der Waals surface area contributed by atoms with Gasteiger partial charge in [0.25, 0.3) is 0 Å². The van der Waals surface area contributed by atoms with Gasteiger partial charge >= 0.3 is 0 Å². The van der Waals surface area contributed by atoms with Crippen molar-refractivity contribution in [2.24, 2.45) is 0 Å². The Morgan fingerprint density at radius 3 is 2.90 bits per heavy atom. The number of carbonyl (C=O) groups excluding carboxylic acids is 1. The van der Waals surface area contributed by atoms with Crippen LogP contribution in [0.5, 0.6) is 0 Å². The summed E-state index contributed by atoms with van der Waals surface area (Å²) in [6.45, 7) is 7.63. The number of carbonyl (C=O) groups is 1. The van der Waals surface area contributed by atoms with Crippen LogP contribution in [0.1, 0.15) is 11.1 Å². The maximum atomic E-state index is 12.1. The van der Waals surface area contributed by atoms with Gasteiger partial charge in [0.15, 0.2) is 0 Å². The molecule has 1 aliphatic heterocycles. The summed E-state index contributed by atoms with van der Waals surface area (Å²) in [5.41, 5.74) is 3.28. The summed E-state index contributed by atoms with van der Waals surface area (Å²) < 4.78 is 5.64. The standard InChI is InChI=1S/C16H25N3O2/c1-12-4-5-14(8-13(12)2)18-16(20)11-19-6-7-21-15(10-19)9-17-3/h4-5,8,15,17H,6-7,9-11H2,1-3H3,(H,18,20). The third-order valence-electron chi connectivity index (χ3n) is 3.81. The van der Waals surface area contributed by atoms with Crippen LogP contribution in [0.3, 0.4) is 0 Å². The normalized spacial score (nSPS) is 19.5. The molecule has 1 saturated heterocycles. The van der Waals surface area contributed by atoms with Crippen molar-refractivity contribution in [2.45, 2.75) is 20.0 Å². The van der Waals surface area contributed by atoms with E-state index in [4.69, 9.17) is 4.74 Å². The van der Waals surface area contributed by atoms with Gasteiger partial charge in [0.1, 0.15) is 0 Å². The van der Waals surface area contributed by atoms with Crippen molar-refractivity contribution < 1.29 is 9.53 Å². The van der Waals surface area contributed by atoms with E-state index in [1.54, 1.807) is 0 Å². The van der Waals surface area contributed by atoms with Crippen LogP contribution in [-0.2, 0) is 9.53 Å². The smallest absolute Gasteiger partial charge is 0.238 e. The van der Waals surface area contributed by atoms with Crippen LogP contribution in [0, 0.1) is 13.8 Å². The van der Waals surface area contributed by atoms with Crippen molar-refractivity contribution in [1.82, 2.24) is 10.2 Å². The molecule has 0 spiro atoms. The molecule has 1 aromatic rings. The van der Waals surface area contributed by atoms with Crippen LogP contribution >= 0.6 is 0 Å². The van der Waals surface area contributed by atoms with Gasteiger partial charge in [0, 0.05) is 25.3 Å². The predicted octanol–water partition coefficient (Wildman–Crippen LogP) is 1.16. The van der Waals surface area contributed by atoms with E-state index in [1.165, 1.54) is 11.1 Å². The number of nitrogens with one attached hydrogen (secondary N) is 2. The number of likely N-dealkylation sites (N-methyl/N-ethyl adjacent to an activating group) is 1. The number of anilines is 1. The summed E-state index contributed by atoms with van der Waals surface area (Å²) in [6.07, 6.45) is 0.165. The van der Waals surface area contributed by atoms with Gasteiger partial charge in [-0.05, 0) is 44.2 Å². The second kappa shape index (κ2) is 7.54.